The molecular weight excluding hydrogens is 246 g/mol. The quantitative estimate of drug-likeness (QED) is 0.655. The van der Waals surface area contributed by atoms with Gasteiger partial charge in [0.15, 0.2) is 0 Å². The third-order valence-electron chi connectivity index (χ3n) is 3.99. The minimum absolute atomic E-state index is 0.808. The first-order valence-electron chi connectivity index (χ1n) is 8.93. The zero-order valence-corrected chi connectivity index (χ0v) is 14.3. The Bertz CT molecular complexity index is 158. The lowest BCUT2D eigenvalue weighted by Gasteiger charge is -2.17. The van der Waals surface area contributed by atoms with E-state index < -0.39 is 0 Å². The molecular formula is C17H39N3. The molecule has 0 amide bonds. The molecule has 3 heteroatoms. The second-order valence-electron chi connectivity index (χ2n) is 5.74. The van der Waals surface area contributed by atoms with E-state index >= 15 is 0 Å². The first-order valence-corrected chi connectivity index (χ1v) is 8.93. The molecule has 0 heterocycles. The highest BCUT2D eigenvalue weighted by molar-refractivity contribution is 4.66. The molecule has 122 valence electrons. The van der Waals surface area contributed by atoms with Gasteiger partial charge in [-0.2, -0.15) is 0 Å². The highest BCUT2D eigenvalue weighted by Gasteiger charge is 2.06. The van der Waals surface area contributed by atoms with E-state index in [2.05, 4.69) is 36.8 Å². The number of rotatable bonds is 6. The maximum Gasteiger partial charge on any atom is 0.00766 e. The lowest BCUT2D eigenvalue weighted by Crippen LogP contribution is -2.26. The molecule has 0 aromatic carbocycles. The van der Waals surface area contributed by atoms with Crippen LogP contribution in [0.5, 0.6) is 0 Å². The maximum atomic E-state index is 3.42. The fourth-order valence-electron chi connectivity index (χ4n) is 2.63. The van der Waals surface area contributed by atoms with Crippen LogP contribution < -0.4 is 16.0 Å². The number of nitrogens with one attached hydrogen (secondary N) is 3. The average Bonchev–Trinajstić information content (AvgIpc) is 2.50. The average molecular weight is 286 g/mol. The summed E-state index contributed by atoms with van der Waals surface area (Å²) in [4.78, 5) is 0. The van der Waals surface area contributed by atoms with Crippen LogP contribution in [0.15, 0.2) is 0 Å². The van der Waals surface area contributed by atoms with Gasteiger partial charge in [0.2, 0.25) is 0 Å². The van der Waals surface area contributed by atoms with Crippen molar-refractivity contribution < 1.29 is 0 Å². The highest BCUT2D eigenvalue weighted by Crippen LogP contribution is 2.16. The van der Waals surface area contributed by atoms with Crippen LogP contribution in [0.1, 0.15) is 71.6 Å². The smallest absolute Gasteiger partial charge is 0.00766 e. The van der Waals surface area contributed by atoms with Crippen LogP contribution in [0.4, 0.5) is 0 Å². The second kappa shape index (κ2) is 16.9. The van der Waals surface area contributed by atoms with Crippen molar-refractivity contribution in [1.29, 1.82) is 0 Å². The fourth-order valence-corrected chi connectivity index (χ4v) is 2.63. The Kier molecular flexibility index (Phi) is 16.8. The van der Waals surface area contributed by atoms with Gasteiger partial charge in [0.1, 0.15) is 0 Å². The summed E-state index contributed by atoms with van der Waals surface area (Å²) in [6.07, 6.45) is 13.0. The second-order valence-corrected chi connectivity index (χ2v) is 5.74. The van der Waals surface area contributed by atoms with Gasteiger partial charge in [-0.3, -0.25) is 0 Å². The van der Waals surface area contributed by atoms with Crippen molar-refractivity contribution in [2.45, 2.75) is 77.7 Å². The summed E-state index contributed by atoms with van der Waals surface area (Å²) < 4.78 is 0. The molecule has 1 aliphatic rings. The zero-order valence-electron chi connectivity index (χ0n) is 14.3. The Labute approximate surface area is 127 Å². The lowest BCUT2D eigenvalue weighted by molar-refractivity contribution is 0.420. The molecule has 0 aromatic heterocycles. The van der Waals surface area contributed by atoms with Crippen molar-refractivity contribution in [3.63, 3.8) is 0 Å². The molecule has 1 fully saturated rings. The summed E-state index contributed by atoms with van der Waals surface area (Å²) >= 11 is 0. The monoisotopic (exact) mass is 285 g/mol. The fraction of sp³-hybridized carbons (Fsp3) is 1.00. The Balaban J connectivity index is 0.000000396. The molecule has 0 bridgehead atoms. The minimum atomic E-state index is 0.808. The van der Waals surface area contributed by atoms with Gasteiger partial charge in [0, 0.05) is 19.1 Å². The molecule has 20 heavy (non-hydrogen) atoms. The van der Waals surface area contributed by atoms with Crippen molar-refractivity contribution in [2.75, 3.05) is 33.2 Å². The van der Waals surface area contributed by atoms with Crippen LogP contribution >= 0.6 is 0 Å². The molecule has 1 saturated carbocycles. The Morgan fingerprint density at radius 2 is 1.10 bits per heavy atom. The van der Waals surface area contributed by atoms with Crippen molar-refractivity contribution in [2.24, 2.45) is 0 Å². The van der Waals surface area contributed by atoms with E-state index in [0.717, 1.165) is 32.2 Å². The topological polar surface area (TPSA) is 36.1 Å². The molecule has 3 N–H and O–H groups in total. The van der Waals surface area contributed by atoms with E-state index in [0.29, 0.717) is 0 Å². The normalized spacial score (nSPS) is 18.1. The van der Waals surface area contributed by atoms with Crippen molar-refractivity contribution in [3.8, 4) is 0 Å². The third kappa shape index (κ3) is 14.3. The summed E-state index contributed by atoms with van der Waals surface area (Å²) in [5, 5.41) is 9.86. The molecule has 0 atom stereocenters. The van der Waals surface area contributed by atoms with Crippen molar-refractivity contribution >= 4 is 0 Å². The van der Waals surface area contributed by atoms with E-state index in [-0.39, 0.29) is 0 Å². The summed E-state index contributed by atoms with van der Waals surface area (Å²) in [5.74, 6) is 0. The first kappa shape index (κ1) is 19.9. The molecule has 0 unspecified atom stereocenters. The Morgan fingerprint density at radius 3 is 1.45 bits per heavy atom. The SMILES string of the molecule is CCNCCNCC.CNC1CCCCCCCCC1. The van der Waals surface area contributed by atoms with Gasteiger partial charge in [-0.25, -0.2) is 0 Å². The molecule has 1 aliphatic carbocycles. The maximum absolute atomic E-state index is 3.42. The standard InChI is InChI=1S/C11H23N.C6H16N2/c1-12-11-9-7-5-3-2-4-6-8-10-11;1-3-7-5-6-8-4-2/h11-12H,2-10H2,1H3;7-8H,3-6H2,1-2H3. The molecule has 0 aromatic rings. The van der Waals surface area contributed by atoms with Crippen LogP contribution in [0.2, 0.25) is 0 Å². The van der Waals surface area contributed by atoms with Gasteiger partial charge in [-0.1, -0.05) is 58.8 Å². The molecule has 0 spiro atoms. The van der Waals surface area contributed by atoms with E-state index in [1.165, 1.54) is 57.8 Å². The van der Waals surface area contributed by atoms with Crippen LogP contribution in [0.3, 0.4) is 0 Å². The van der Waals surface area contributed by atoms with Gasteiger partial charge in [-0.05, 0) is 33.0 Å². The van der Waals surface area contributed by atoms with Gasteiger partial charge in [0.05, 0.1) is 0 Å². The predicted molar refractivity (Wildman–Crippen MR) is 91.5 cm³/mol. The summed E-state index contributed by atoms with van der Waals surface area (Å²) in [6, 6.07) is 0.808. The van der Waals surface area contributed by atoms with Crippen LogP contribution in [0.25, 0.3) is 0 Å². The number of hydrogen-bond donors (Lipinski definition) is 3. The molecule has 3 nitrogen and oxygen atoms in total. The highest BCUT2D eigenvalue weighted by atomic mass is 14.9. The van der Waals surface area contributed by atoms with Crippen molar-refractivity contribution in [1.82, 2.24) is 16.0 Å². The first-order chi connectivity index (χ1) is 9.85. The molecule has 0 saturated heterocycles. The Hall–Kier alpha value is -0.120. The Morgan fingerprint density at radius 1 is 0.700 bits per heavy atom. The zero-order chi connectivity index (χ0) is 14.9. The molecule has 0 radical (unpaired) electrons. The van der Waals surface area contributed by atoms with E-state index in [1.54, 1.807) is 0 Å². The van der Waals surface area contributed by atoms with Gasteiger partial charge in [-0.15, -0.1) is 0 Å². The van der Waals surface area contributed by atoms with Crippen LogP contribution in [-0.2, 0) is 0 Å². The number of hydrogen-bond acceptors (Lipinski definition) is 3. The van der Waals surface area contributed by atoms with E-state index in [4.69, 9.17) is 0 Å². The summed E-state index contributed by atoms with van der Waals surface area (Å²) in [7, 11) is 2.11. The van der Waals surface area contributed by atoms with Gasteiger partial charge < -0.3 is 16.0 Å². The van der Waals surface area contributed by atoms with Crippen molar-refractivity contribution in [3.05, 3.63) is 0 Å². The third-order valence-corrected chi connectivity index (χ3v) is 3.99. The van der Waals surface area contributed by atoms with E-state index in [9.17, 15) is 0 Å². The molecule has 1 rings (SSSR count). The number of likely N-dealkylation sites (N-methyl/N-ethyl adjacent to an activating group) is 2. The van der Waals surface area contributed by atoms with Crippen LogP contribution in [-0.4, -0.2) is 39.3 Å². The van der Waals surface area contributed by atoms with Gasteiger partial charge >= 0.3 is 0 Å². The minimum Gasteiger partial charge on any atom is -0.317 e. The van der Waals surface area contributed by atoms with E-state index in [1.807, 2.05) is 0 Å². The van der Waals surface area contributed by atoms with Crippen LogP contribution in [0, 0.1) is 0 Å². The summed E-state index contributed by atoms with van der Waals surface area (Å²) in [5.41, 5.74) is 0. The van der Waals surface area contributed by atoms with Gasteiger partial charge in [0.25, 0.3) is 0 Å². The predicted octanol–water partition coefficient (Wildman–Crippen LogP) is 3.30. The summed E-state index contributed by atoms with van der Waals surface area (Å²) in [6.45, 7) is 8.56. The lowest BCUT2D eigenvalue weighted by atomic mass is 9.98. The largest absolute Gasteiger partial charge is 0.317 e. The molecule has 0 aliphatic heterocycles.